The molecule has 2 heteroatoms. The molecule has 1 N–H and O–H groups in total. The van der Waals surface area contributed by atoms with Crippen LogP contribution in [-0.4, -0.2) is 11.2 Å². The Hall–Kier alpha value is -1.02. The molecule has 0 aliphatic rings. The first kappa shape index (κ1) is 14.0. The predicted molar refractivity (Wildman–Crippen MR) is 71.2 cm³/mol. The summed E-state index contributed by atoms with van der Waals surface area (Å²) in [7, 11) is 0. The lowest BCUT2D eigenvalue weighted by Gasteiger charge is -2.19. The molecule has 2 unspecified atom stereocenters. The molecule has 0 aromatic heterocycles. The number of hydrogen-bond acceptors (Lipinski definition) is 2. The Bertz CT molecular complexity index is 316. The fourth-order valence-electron chi connectivity index (χ4n) is 1.96. The first-order chi connectivity index (χ1) is 8.04. The van der Waals surface area contributed by atoms with Crippen LogP contribution in [0.15, 0.2) is 24.3 Å². The van der Waals surface area contributed by atoms with E-state index in [4.69, 9.17) is 4.74 Å². The summed E-state index contributed by atoms with van der Waals surface area (Å²) in [5.74, 6) is 1.16. The summed E-state index contributed by atoms with van der Waals surface area (Å²) in [6.45, 7) is 8.24. The van der Waals surface area contributed by atoms with Crippen molar-refractivity contribution in [2.45, 2.75) is 52.7 Å². The Kier molecular flexibility index (Phi) is 5.49. The van der Waals surface area contributed by atoms with Crippen molar-refractivity contribution < 1.29 is 9.84 Å². The second-order valence-corrected chi connectivity index (χ2v) is 4.95. The topological polar surface area (TPSA) is 29.5 Å². The van der Waals surface area contributed by atoms with E-state index < -0.39 is 0 Å². The smallest absolute Gasteiger partial charge is 0.119 e. The van der Waals surface area contributed by atoms with E-state index in [0.717, 1.165) is 24.2 Å². The molecule has 0 aliphatic carbocycles. The van der Waals surface area contributed by atoms with Crippen LogP contribution in [0, 0.1) is 5.92 Å². The van der Waals surface area contributed by atoms with Crippen LogP contribution in [0.5, 0.6) is 5.75 Å². The van der Waals surface area contributed by atoms with Gasteiger partial charge in [0.05, 0.1) is 12.2 Å². The second kappa shape index (κ2) is 6.65. The molecule has 0 aliphatic heterocycles. The standard InChI is InChI=1S/C15H24O2/c1-5-6-12(4)15(16)13-7-9-14(10-8-13)17-11(2)3/h7-12,15-16H,5-6H2,1-4H3. The van der Waals surface area contributed by atoms with Crippen LogP contribution in [0.1, 0.15) is 52.2 Å². The minimum Gasteiger partial charge on any atom is -0.491 e. The van der Waals surface area contributed by atoms with E-state index in [1.807, 2.05) is 38.1 Å². The molecular formula is C15H24O2. The third kappa shape index (κ3) is 4.39. The van der Waals surface area contributed by atoms with E-state index >= 15 is 0 Å². The van der Waals surface area contributed by atoms with Gasteiger partial charge in [-0.2, -0.15) is 0 Å². The van der Waals surface area contributed by atoms with Crippen molar-refractivity contribution in [3.8, 4) is 5.75 Å². The first-order valence-electron chi connectivity index (χ1n) is 6.49. The molecule has 0 saturated carbocycles. The van der Waals surface area contributed by atoms with Crippen molar-refractivity contribution in [2.24, 2.45) is 5.92 Å². The van der Waals surface area contributed by atoms with Gasteiger partial charge in [-0.1, -0.05) is 32.4 Å². The van der Waals surface area contributed by atoms with Crippen molar-refractivity contribution in [3.05, 3.63) is 29.8 Å². The molecule has 96 valence electrons. The lowest BCUT2D eigenvalue weighted by molar-refractivity contribution is 0.112. The number of rotatable bonds is 6. The number of ether oxygens (including phenoxy) is 1. The predicted octanol–water partition coefficient (Wildman–Crippen LogP) is 3.94. The maximum Gasteiger partial charge on any atom is 0.119 e. The lowest BCUT2D eigenvalue weighted by Crippen LogP contribution is -2.09. The number of aliphatic hydroxyl groups excluding tert-OH is 1. The molecule has 0 fully saturated rings. The van der Waals surface area contributed by atoms with Gasteiger partial charge in [0.15, 0.2) is 0 Å². The Balaban J connectivity index is 2.66. The average Bonchev–Trinajstić information content (AvgIpc) is 2.28. The van der Waals surface area contributed by atoms with Gasteiger partial charge in [-0.3, -0.25) is 0 Å². The largest absolute Gasteiger partial charge is 0.491 e. The summed E-state index contributed by atoms with van der Waals surface area (Å²) in [6.07, 6.45) is 1.96. The summed E-state index contributed by atoms with van der Waals surface area (Å²) >= 11 is 0. The number of benzene rings is 1. The highest BCUT2D eigenvalue weighted by molar-refractivity contribution is 5.28. The van der Waals surface area contributed by atoms with Gasteiger partial charge >= 0.3 is 0 Å². The molecule has 1 aromatic carbocycles. The van der Waals surface area contributed by atoms with Crippen molar-refractivity contribution >= 4 is 0 Å². The zero-order valence-electron chi connectivity index (χ0n) is 11.3. The minimum atomic E-state index is -0.372. The maximum absolute atomic E-state index is 10.2. The Morgan fingerprint density at radius 3 is 2.18 bits per heavy atom. The summed E-state index contributed by atoms with van der Waals surface area (Å²) in [4.78, 5) is 0. The van der Waals surface area contributed by atoms with Gasteiger partial charge in [0.2, 0.25) is 0 Å². The van der Waals surface area contributed by atoms with Crippen LogP contribution < -0.4 is 4.74 Å². The van der Waals surface area contributed by atoms with Crippen LogP contribution in [0.25, 0.3) is 0 Å². The summed E-state index contributed by atoms with van der Waals surface area (Å²) in [6, 6.07) is 7.76. The van der Waals surface area contributed by atoms with Gasteiger partial charge in [-0.15, -0.1) is 0 Å². The zero-order chi connectivity index (χ0) is 12.8. The molecule has 0 radical (unpaired) electrons. The van der Waals surface area contributed by atoms with Crippen LogP contribution in [0.4, 0.5) is 0 Å². The van der Waals surface area contributed by atoms with Crippen molar-refractivity contribution in [3.63, 3.8) is 0 Å². The second-order valence-electron chi connectivity index (χ2n) is 4.95. The van der Waals surface area contributed by atoms with E-state index in [2.05, 4.69) is 13.8 Å². The Morgan fingerprint density at radius 1 is 1.12 bits per heavy atom. The first-order valence-corrected chi connectivity index (χ1v) is 6.49. The van der Waals surface area contributed by atoms with Gasteiger partial charge in [0.25, 0.3) is 0 Å². The molecule has 0 saturated heterocycles. The third-order valence-corrected chi connectivity index (χ3v) is 2.88. The van der Waals surface area contributed by atoms with Crippen LogP contribution in [-0.2, 0) is 0 Å². The third-order valence-electron chi connectivity index (χ3n) is 2.88. The molecule has 1 rings (SSSR count). The quantitative estimate of drug-likeness (QED) is 0.810. The van der Waals surface area contributed by atoms with Gasteiger partial charge in [-0.05, 0) is 43.9 Å². The van der Waals surface area contributed by atoms with Gasteiger partial charge < -0.3 is 9.84 Å². The monoisotopic (exact) mass is 236 g/mol. The van der Waals surface area contributed by atoms with Crippen molar-refractivity contribution in [1.29, 1.82) is 0 Å². The van der Waals surface area contributed by atoms with Gasteiger partial charge in [-0.25, -0.2) is 0 Å². The van der Waals surface area contributed by atoms with Crippen LogP contribution in [0.3, 0.4) is 0 Å². The Labute approximate surface area is 105 Å². The molecule has 0 bridgehead atoms. The summed E-state index contributed by atoms with van der Waals surface area (Å²) in [5.41, 5.74) is 0.974. The van der Waals surface area contributed by atoms with Crippen LogP contribution in [0.2, 0.25) is 0 Å². The zero-order valence-corrected chi connectivity index (χ0v) is 11.3. The molecule has 17 heavy (non-hydrogen) atoms. The minimum absolute atomic E-state index is 0.185. The van der Waals surface area contributed by atoms with Gasteiger partial charge in [0.1, 0.15) is 5.75 Å². The highest BCUT2D eigenvalue weighted by Crippen LogP contribution is 2.26. The normalized spacial score (nSPS) is 14.7. The fourth-order valence-corrected chi connectivity index (χ4v) is 1.96. The number of hydrogen-bond donors (Lipinski definition) is 1. The molecular weight excluding hydrogens is 212 g/mol. The fraction of sp³-hybridized carbons (Fsp3) is 0.600. The SMILES string of the molecule is CCCC(C)C(O)c1ccc(OC(C)C)cc1. The maximum atomic E-state index is 10.2. The van der Waals surface area contributed by atoms with E-state index in [0.29, 0.717) is 5.92 Å². The highest BCUT2D eigenvalue weighted by Gasteiger charge is 2.15. The molecule has 0 amide bonds. The van der Waals surface area contributed by atoms with E-state index in [1.165, 1.54) is 0 Å². The molecule has 2 nitrogen and oxygen atoms in total. The van der Waals surface area contributed by atoms with E-state index in [9.17, 15) is 5.11 Å². The average molecular weight is 236 g/mol. The van der Waals surface area contributed by atoms with E-state index in [-0.39, 0.29) is 12.2 Å². The highest BCUT2D eigenvalue weighted by atomic mass is 16.5. The molecule has 0 spiro atoms. The van der Waals surface area contributed by atoms with Crippen molar-refractivity contribution in [1.82, 2.24) is 0 Å². The molecule has 2 atom stereocenters. The van der Waals surface area contributed by atoms with Gasteiger partial charge in [0, 0.05) is 0 Å². The Morgan fingerprint density at radius 2 is 1.71 bits per heavy atom. The van der Waals surface area contributed by atoms with E-state index in [1.54, 1.807) is 0 Å². The molecule has 0 heterocycles. The number of aliphatic hydroxyl groups is 1. The van der Waals surface area contributed by atoms with Crippen molar-refractivity contribution in [2.75, 3.05) is 0 Å². The lowest BCUT2D eigenvalue weighted by atomic mass is 9.94. The molecule has 1 aromatic rings. The van der Waals surface area contributed by atoms with Crippen LogP contribution >= 0.6 is 0 Å². The summed E-state index contributed by atoms with van der Waals surface area (Å²) < 4.78 is 5.58. The summed E-state index contributed by atoms with van der Waals surface area (Å²) in [5, 5.41) is 10.2.